The van der Waals surface area contributed by atoms with Crippen LogP contribution in [0.3, 0.4) is 0 Å². The van der Waals surface area contributed by atoms with Crippen LogP contribution in [0.25, 0.3) is 0 Å². The molecular formula is C15H22N6. The molecule has 1 N–H and O–H groups in total. The van der Waals surface area contributed by atoms with Crippen LogP contribution in [-0.2, 0) is 19.6 Å². The van der Waals surface area contributed by atoms with Crippen molar-refractivity contribution in [3.63, 3.8) is 0 Å². The summed E-state index contributed by atoms with van der Waals surface area (Å²) in [6, 6.07) is 2.70. The maximum absolute atomic E-state index is 4.67. The molecule has 0 aromatic carbocycles. The van der Waals surface area contributed by atoms with Crippen molar-refractivity contribution in [1.29, 1.82) is 0 Å². The summed E-state index contributed by atoms with van der Waals surface area (Å²) in [5.74, 6) is 2.06. The molecule has 2 aromatic rings. The molecule has 0 aliphatic carbocycles. The predicted octanol–water partition coefficient (Wildman–Crippen LogP) is 1.50. The molecule has 3 rings (SSSR count). The Kier molecular flexibility index (Phi) is 3.88. The van der Waals surface area contributed by atoms with Crippen LogP contribution >= 0.6 is 0 Å². The SMILES string of the molecule is Cc1cc(CNC(C)C)cnc1N1CCn2cnnc2C1. The molecule has 0 bridgehead atoms. The minimum absolute atomic E-state index is 0.485. The first-order valence-corrected chi connectivity index (χ1v) is 7.44. The molecule has 0 amide bonds. The van der Waals surface area contributed by atoms with E-state index in [4.69, 9.17) is 0 Å². The van der Waals surface area contributed by atoms with Gasteiger partial charge in [-0.3, -0.25) is 0 Å². The summed E-state index contributed by atoms with van der Waals surface area (Å²) < 4.78 is 2.10. The molecular weight excluding hydrogens is 264 g/mol. The van der Waals surface area contributed by atoms with Gasteiger partial charge in [0.15, 0.2) is 5.82 Å². The van der Waals surface area contributed by atoms with Gasteiger partial charge in [0.2, 0.25) is 0 Å². The summed E-state index contributed by atoms with van der Waals surface area (Å²) in [5, 5.41) is 11.6. The average molecular weight is 286 g/mol. The second-order valence-corrected chi connectivity index (χ2v) is 5.88. The number of anilines is 1. The number of fused-ring (bicyclic) bond motifs is 1. The lowest BCUT2D eigenvalue weighted by Crippen LogP contribution is -2.34. The molecule has 0 saturated heterocycles. The van der Waals surface area contributed by atoms with Gasteiger partial charge in [-0.05, 0) is 24.1 Å². The van der Waals surface area contributed by atoms with E-state index in [0.717, 1.165) is 37.8 Å². The number of nitrogens with one attached hydrogen (secondary N) is 1. The summed E-state index contributed by atoms with van der Waals surface area (Å²) in [4.78, 5) is 6.94. The largest absolute Gasteiger partial charge is 0.347 e. The van der Waals surface area contributed by atoms with Crippen LogP contribution in [0.15, 0.2) is 18.6 Å². The summed E-state index contributed by atoms with van der Waals surface area (Å²) in [7, 11) is 0. The highest BCUT2D eigenvalue weighted by Gasteiger charge is 2.20. The molecule has 2 aromatic heterocycles. The van der Waals surface area contributed by atoms with Crippen molar-refractivity contribution < 1.29 is 0 Å². The van der Waals surface area contributed by atoms with Crippen LogP contribution in [0.2, 0.25) is 0 Å². The lowest BCUT2D eigenvalue weighted by atomic mass is 10.1. The number of aryl methyl sites for hydroxylation is 1. The molecule has 0 fully saturated rings. The van der Waals surface area contributed by atoms with Gasteiger partial charge in [0, 0.05) is 31.9 Å². The molecule has 6 nitrogen and oxygen atoms in total. The fourth-order valence-electron chi connectivity index (χ4n) is 2.62. The molecule has 1 aliphatic rings. The Morgan fingerprint density at radius 3 is 2.95 bits per heavy atom. The highest BCUT2D eigenvalue weighted by molar-refractivity contribution is 5.47. The van der Waals surface area contributed by atoms with Gasteiger partial charge < -0.3 is 14.8 Å². The van der Waals surface area contributed by atoms with E-state index in [2.05, 4.69) is 56.8 Å². The monoisotopic (exact) mass is 286 g/mol. The van der Waals surface area contributed by atoms with E-state index < -0.39 is 0 Å². The van der Waals surface area contributed by atoms with E-state index in [0.29, 0.717) is 6.04 Å². The number of aromatic nitrogens is 4. The zero-order valence-corrected chi connectivity index (χ0v) is 12.9. The Bertz CT molecular complexity index is 618. The minimum Gasteiger partial charge on any atom is -0.347 e. The molecule has 112 valence electrons. The fourth-order valence-corrected chi connectivity index (χ4v) is 2.62. The summed E-state index contributed by atoms with van der Waals surface area (Å²) in [5.41, 5.74) is 2.44. The van der Waals surface area contributed by atoms with Crippen molar-refractivity contribution in [3.8, 4) is 0 Å². The molecule has 3 heterocycles. The number of hydrogen-bond donors (Lipinski definition) is 1. The zero-order chi connectivity index (χ0) is 14.8. The number of rotatable bonds is 4. The van der Waals surface area contributed by atoms with Crippen molar-refractivity contribution in [2.45, 2.75) is 46.4 Å². The molecule has 6 heteroatoms. The molecule has 21 heavy (non-hydrogen) atoms. The average Bonchev–Trinajstić information content (AvgIpc) is 2.92. The first-order chi connectivity index (χ1) is 10.1. The molecule has 0 radical (unpaired) electrons. The Morgan fingerprint density at radius 1 is 1.33 bits per heavy atom. The zero-order valence-electron chi connectivity index (χ0n) is 12.9. The van der Waals surface area contributed by atoms with Crippen LogP contribution in [0.1, 0.15) is 30.8 Å². The second kappa shape index (κ2) is 5.81. The summed E-state index contributed by atoms with van der Waals surface area (Å²) in [6.07, 6.45) is 3.77. The predicted molar refractivity (Wildman–Crippen MR) is 82.0 cm³/mol. The van der Waals surface area contributed by atoms with Gasteiger partial charge in [-0.2, -0.15) is 0 Å². The molecule has 0 atom stereocenters. The Morgan fingerprint density at radius 2 is 2.19 bits per heavy atom. The maximum Gasteiger partial charge on any atom is 0.152 e. The fraction of sp³-hybridized carbons (Fsp3) is 0.533. The summed E-state index contributed by atoms with van der Waals surface area (Å²) >= 11 is 0. The van der Waals surface area contributed by atoms with Gasteiger partial charge in [0.1, 0.15) is 12.1 Å². The van der Waals surface area contributed by atoms with Crippen molar-refractivity contribution in [1.82, 2.24) is 25.1 Å². The number of nitrogens with zero attached hydrogens (tertiary/aromatic N) is 5. The minimum atomic E-state index is 0.485. The van der Waals surface area contributed by atoms with Gasteiger partial charge >= 0.3 is 0 Å². The van der Waals surface area contributed by atoms with Crippen molar-refractivity contribution in [2.24, 2.45) is 0 Å². The molecule has 0 unspecified atom stereocenters. The van der Waals surface area contributed by atoms with E-state index in [1.54, 1.807) is 6.33 Å². The van der Waals surface area contributed by atoms with Gasteiger partial charge in [-0.25, -0.2) is 4.98 Å². The lowest BCUT2D eigenvalue weighted by Gasteiger charge is -2.29. The van der Waals surface area contributed by atoms with Crippen LogP contribution in [-0.4, -0.2) is 32.3 Å². The van der Waals surface area contributed by atoms with Crippen molar-refractivity contribution in [2.75, 3.05) is 11.4 Å². The number of hydrogen-bond acceptors (Lipinski definition) is 5. The van der Waals surface area contributed by atoms with E-state index in [-0.39, 0.29) is 0 Å². The quantitative estimate of drug-likeness (QED) is 0.923. The van der Waals surface area contributed by atoms with Crippen molar-refractivity contribution in [3.05, 3.63) is 35.5 Å². The van der Waals surface area contributed by atoms with E-state index >= 15 is 0 Å². The Hall–Kier alpha value is -1.95. The van der Waals surface area contributed by atoms with E-state index in [1.807, 2.05) is 6.20 Å². The van der Waals surface area contributed by atoms with Crippen LogP contribution in [0.4, 0.5) is 5.82 Å². The Labute approximate surface area is 125 Å². The summed E-state index contributed by atoms with van der Waals surface area (Å²) in [6.45, 7) is 9.93. The Balaban J connectivity index is 1.74. The van der Waals surface area contributed by atoms with Gasteiger partial charge in [0.25, 0.3) is 0 Å². The normalized spacial score (nSPS) is 14.6. The number of pyridine rings is 1. The van der Waals surface area contributed by atoms with Crippen LogP contribution < -0.4 is 10.2 Å². The molecule has 0 spiro atoms. The van der Waals surface area contributed by atoms with Gasteiger partial charge in [0.05, 0.1) is 6.54 Å². The molecule has 0 saturated carbocycles. The van der Waals surface area contributed by atoms with Gasteiger partial charge in [-0.15, -0.1) is 10.2 Å². The topological polar surface area (TPSA) is 58.9 Å². The highest BCUT2D eigenvalue weighted by atomic mass is 15.3. The third-order valence-corrected chi connectivity index (χ3v) is 3.76. The third-order valence-electron chi connectivity index (χ3n) is 3.76. The van der Waals surface area contributed by atoms with Crippen LogP contribution in [0, 0.1) is 6.92 Å². The standard InChI is InChI=1S/C15H22N6/c1-11(2)16-7-13-6-12(3)15(17-8-13)20-4-5-21-10-18-19-14(21)9-20/h6,8,10-11,16H,4-5,7,9H2,1-3H3. The van der Waals surface area contributed by atoms with E-state index in [9.17, 15) is 0 Å². The first-order valence-electron chi connectivity index (χ1n) is 7.44. The van der Waals surface area contributed by atoms with E-state index in [1.165, 1.54) is 11.1 Å². The maximum atomic E-state index is 4.67. The lowest BCUT2D eigenvalue weighted by molar-refractivity contribution is 0.554. The van der Waals surface area contributed by atoms with Gasteiger partial charge in [-0.1, -0.05) is 13.8 Å². The second-order valence-electron chi connectivity index (χ2n) is 5.88. The first kappa shape index (κ1) is 14.0. The van der Waals surface area contributed by atoms with Crippen molar-refractivity contribution >= 4 is 5.82 Å². The highest BCUT2D eigenvalue weighted by Crippen LogP contribution is 2.22. The smallest absolute Gasteiger partial charge is 0.152 e. The third kappa shape index (κ3) is 3.05. The van der Waals surface area contributed by atoms with Crippen LogP contribution in [0.5, 0.6) is 0 Å². The molecule has 1 aliphatic heterocycles.